The summed E-state index contributed by atoms with van der Waals surface area (Å²) in [6, 6.07) is 15.9. The summed E-state index contributed by atoms with van der Waals surface area (Å²) in [5, 5.41) is 1.33. The second kappa shape index (κ2) is 5.16. The lowest BCUT2D eigenvalue weighted by molar-refractivity contribution is 0.616. The van der Waals surface area contributed by atoms with Crippen LogP contribution in [0.1, 0.15) is 29.5 Å². The molecule has 0 bridgehead atoms. The van der Waals surface area contributed by atoms with Crippen LogP contribution in [0.4, 0.5) is 0 Å². The van der Waals surface area contributed by atoms with Crippen LogP contribution in [0.3, 0.4) is 0 Å². The van der Waals surface area contributed by atoms with E-state index in [0.29, 0.717) is 21.9 Å². The summed E-state index contributed by atoms with van der Waals surface area (Å²) >= 11 is 12.5. The molecule has 0 aliphatic heterocycles. The maximum atomic E-state index is 6.36. The molecule has 0 saturated heterocycles. The van der Waals surface area contributed by atoms with Gasteiger partial charge in [-0.3, -0.25) is 0 Å². The largest absolute Gasteiger partial charge is 0.324 e. The maximum absolute atomic E-state index is 6.36. The Hall–Kier alpha value is -1.02. The summed E-state index contributed by atoms with van der Waals surface area (Å²) in [6.45, 7) is 0. The molecule has 1 nitrogen and oxygen atoms in total. The Morgan fingerprint density at radius 3 is 2.21 bits per heavy atom. The Labute approximate surface area is 123 Å². The third-order valence-electron chi connectivity index (χ3n) is 3.86. The second-order valence-electron chi connectivity index (χ2n) is 5.08. The van der Waals surface area contributed by atoms with Crippen LogP contribution in [0.15, 0.2) is 48.5 Å². The summed E-state index contributed by atoms with van der Waals surface area (Å²) < 4.78 is 0. The summed E-state index contributed by atoms with van der Waals surface area (Å²) in [5.74, 6) is 0.961. The minimum atomic E-state index is -0.0913. The molecular formula is C16H15Cl2N. The Balaban J connectivity index is 1.82. The predicted molar refractivity (Wildman–Crippen MR) is 80.7 cm³/mol. The molecule has 2 N–H and O–H groups in total. The zero-order valence-corrected chi connectivity index (χ0v) is 11.9. The highest BCUT2D eigenvalue weighted by atomic mass is 35.5. The van der Waals surface area contributed by atoms with Crippen LogP contribution in [0.25, 0.3) is 0 Å². The second-order valence-corrected chi connectivity index (χ2v) is 5.89. The van der Waals surface area contributed by atoms with Gasteiger partial charge in [-0.2, -0.15) is 0 Å². The van der Waals surface area contributed by atoms with Crippen LogP contribution in [0.2, 0.25) is 10.0 Å². The van der Waals surface area contributed by atoms with Crippen molar-refractivity contribution in [1.29, 1.82) is 0 Å². The summed E-state index contributed by atoms with van der Waals surface area (Å²) in [6.07, 6.45) is 1.10. The van der Waals surface area contributed by atoms with E-state index >= 15 is 0 Å². The third kappa shape index (κ3) is 2.51. The van der Waals surface area contributed by atoms with E-state index in [0.717, 1.165) is 12.0 Å². The van der Waals surface area contributed by atoms with Crippen LogP contribution in [-0.4, -0.2) is 0 Å². The van der Waals surface area contributed by atoms with Crippen molar-refractivity contribution in [1.82, 2.24) is 0 Å². The topological polar surface area (TPSA) is 26.0 Å². The van der Waals surface area contributed by atoms with Gasteiger partial charge in [-0.1, -0.05) is 59.6 Å². The molecule has 3 rings (SSSR count). The van der Waals surface area contributed by atoms with Crippen LogP contribution < -0.4 is 5.73 Å². The maximum Gasteiger partial charge on any atom is 0.0468 e. The lowest BCUT2D eigenvalue weighted by atomic mass is 9.99. The van der Waals surface area contributed by atoms with Crippen molar-refractivity contribution in [3.63, 3.8) is 0 Å². The third-order valence-corrected chi connectivity index (χ3v) is 4.52. The van der Waals surface area contributed by atoms with Crippen molar-refractivity contribution in [2.45, 2.75) is 18.4 Å². The average molecular weight is 292 g/mol. The molecule has 1 aliphatic carbocycles. The molecule has 98 valence electrons. The first-order valence-corrected chi connectivity index (χ1v) is 7.18. The number of halogens is 2. The monoisotopic (exact) mass is 291 g/mol. The van der Waals surface area contributed by atoms with Gasteiger partial charge in [-0.05, 0) is 36.0 Å². The number of rotatable bonds is 3. The zero-order valence-electron chi connectivity index (χ0n) is 10.4. The standard InChI is InChI=1S/C16H15Cl2N/c17-13-7-4-8-14(18)15(13)16(19)12-9-11(12)10-5-2-1-3-6-10/h1-8,11-12,16H,9,19H2. The quantitative estimate of drug-likeness (QED) is 0.864. The SMILES string of the molecule is NC(c1c(Cl)cccc1Cl)C1CC1c1ccccc1. The van der Waals surface area contributed by atoms with Crippen molar-refractivity contribution in [2.75, 3.05) is 0 Å². The molecule has 1 fully saturated rings. The molecule has 3 atom stereocenters. The van der Waals surface area contributed by atoms with E-state index in [2.05, 4.69) is 24.3 Å². The lowest BCUT2D eigenvalue weighted by Crippen LogP contribution is -2.14. The van der Waals surface area contributed by atoms with Gasteiger partial charge in [0.2, 0.25) is 0 Å². The number of benzene rings is 2. The number of hydrogen-bond donors (Lipinski definition) is 1. The van der Waals surface area contributed by atoms with E-state index in [1.807, 2.05) is 24.3 Å². The molecule has 0 amide bonds. The highest BCUT2D eigenvalue weighted by Gasteiger charge is 2.43. The molecular weight excluding hydrogens is 277 g/mol. The summed E-state index contributed by atoms with van der Waals surface area (Å²) in [4.78, 5) is 0. The molecule has 1 saturated carbocycles. The minimum Gasteiger partial charge on any atom is -0.324 e. The van der Waals surface area contributed by atoms with Crippen molar-refractivity contribution in [3.8, 4) is 0 Å². The van der Waals surface area contributed by atoms with Crippen molar-refractivity contribution in [3.05, 3.63) is 69.7 Å². The van der Waals surface area contributed by atoms with E-state index in [-0.39, 0.29) is 6.04 Å². The van der Waals surface area contributed by atoms with Gasteiger partial charge in [0.25, 0.3) is 0 Å². The molecule has 19 heavy (non-hydrogen) atoms. The summed E-state index contributed by atoms with van der Waals surface area (Å²) in [5.41, 5.74) is 8.60. The van der Waals surface area contributed by atoms with Gasteiger partial charge in [0, 0.05) is 21.7 Å². The predicted octanol–water partition coefficient (Wildman–Crippen LogP) is 4.80. The smallest absolute Gasteiger partial charge is 0.0468 e. The fourth-order valence-corrected chi connectivity index (χ4v) is 3.39. The van der Waals surface area contributed by atoms with Gasteiger partial charge in [0.05, 0.1) is 0 Å². The molecule has 0 radical (unpaired) electrons. The van der Waals surface area contributed by atoms with Gasteiger partial charge >= 0.3 is 0 Å². The van der Waals surface area contributed by atoms with Gasteiger partial charge in [0.15, 0.2) is 0 Å². The average Bonchev–Trinajstić information content (AvgIpc) is 3.19. The normalized spacial score (nSPS) is 23.1. The van der Waals surface area contributed by atoms with Crippen LogP contribution in [-0.2, 0) is 0 Å². The zero-order chi connectivity index (χ0) is 13.4. The van der Waals surface area contributed by atoms with E-state index in [1.54, 1.807) is 0 Å². The Morgan fingerprint density at radius 1 is 0.947 bits per heavy atom. The minimum absolute atomic E-state index is 0.0913. The molecule has 3 heteroatoms. The summed E-state index contributed by atoms with van der Waals surface area (Å²) in [7, 11) is 0. The van der Waals surface area contributed by atoms with Crippen LogP contribution in [0.5, 0.6) is 0 Å². The van der Waals surface area contributed by atoms with Gasteiger partial charge < -0.3 is 5.73 Å². The van der Waals surface area contributed by atoms with Crippen molar-refractivity contribution < 1.29 is 0 Å². The molecule has 0 heterocycles. The lowest BCUT2D eigenvalue weighted by Gasteiger charge is -2.15. The van der Waals surface area contributed by atoms with E-state index in [4.69, 9.17) is 28.9 Å². The Kier molecular flexibility index (Phi) is 3.53. The van der Waals surface area contributed by atoms with Crippen molar-refractivity contribution in [2.24, 2.45) is 11.7 Å². The number of nitrogens with two attached hydrogens (primary N) is 1. The number of hydrogen-bond acceptors (Lipinski definition) is 1. The molecule has 1 aliphatic rings. The molecule has 2 aromatic carbocycles. The first-order chi connectivity index (χ1) is 9.18. The van der Waals surface area contributed by atoms with Gasteiger partial charge in [-0.15, -0.1) is 0 Å². The van der Waals surface area contributed by atoms with Crippen molar-refractivity contribution >= 4 is 23.2 Å². The van der Waals surface area contributed by atoms with Crippen LogP contribution >= 0.6 is 23.2 Å². The molecule has 3 unspecified atom stereocenters. The van der Waals surface area contributed by atoms with E-state index in [1.165, 1.54) is 5.56 Å². The van der Waals surface area contributed by atoms with E-state index in [9.17, 15) is 0 Å². The van der Waals surface area contributed by atoms with Crippen LogP contribution in [0, 0.1) is 5.92 Å². The Morgan fingerprint density at radius 2 is 1.58 bits per heavy atom. The van der Waals surface area contributed by atoms with E-state index < -0.39 is 0 Å². The molecule has 2 aromatic rings. The Bertz CT molecular complexity index is 562. The fraction of sp³-hybridized carbons (Fsp3) is 0.250. The fourth-order valence-electron chi connectivity index (χ4n) is 2.74. The first-order valence-electron chi connectivity index (χ1n) is 6.43. The first kappa shape index (κ1) is 13.0. The highest BCUT2D eigenvalue weighted by Crippen LogP contribution is 2.54. The molecule has 0 spiro atoms. The highest BCUT2D eigenvalue weighted by molar-refractivity contribution is 6.36. The molecule has 0 aromatic heterocycles. The van der Waals surface area contributed by atoms with Gasteiger partial charge in [-0.25, -0.2) is 0 Å². The van der Waals surface area contributed by atoms with Gasteiger partial charge in [0.1, 0.15) is 0 Å².